The minimum absolute atomic E-state index is 0.103. The van der Waals surface area contributed by atoms with Crippen LogP contribution in [0.2, 0.25) is 0 Å². The van der Waals surface area contributed by atoms with Gasteiger partial charge < -0.3 is 96.1 Å². The van der Waals surface area contributed by atoms with Gasteiger partial charge in [-0.2, -0.15) is 0 Å². The fourth-order valence-corrected chi connectivity index (χ4v) is 12.8. The molecule has 0 radical (unpaired) electrons. The van der Waals surface area contributed by atoms with E-state index < -0.39 is 157 Å². The molecule has 498 valence electrons. The van der Waals surface area contributed by atoms with Gasteiger partial charge in [-0.1, -0.05) is 200 Å². The van der Waals surface area contributed by atoms with Crippen LogP contribution in [0.1, 0.15) is 213 Å². The summed E-state index contributed by atoms with van der Waals surface area (Å²) in [6, 6.07) is -1.41. The maximum atomic E-state index is 13.8. The minimum Gasteiger partial charge on any atom is -0.391 e. The summed E-state index contributed by atoms with van der Waals surface area (Å²) in [7, 11) is -11.1. The summed E-state index contributed by atoms with van der Waals surface area (Å²) in [5, 5.41) is 151. The lowest BCUT2D eigenvalue weighted by Gasteiger charge is -2.47. The molecule has 3 rings (SSSR count). The Kier molecular flexibility index (Phi) is 38.1. The Labute approximate surface area is 496 Å². The molecule has 1 heterocycles. The maximum absolute atomic E-state index is 13.8. The van der Waals surface area contributed by atoms with Crippen molar-refractivity contribution < 1.29 is 123 Å². The number of carbonyl (C=O) groups is 1. The van der Waals surface area contributed by atoms with E-state index in [9.17, 15) is 95.2 Å². The Balaban J connectivity index is 1.63. The zero-order valence-corrected chi connectivity index (χ0v) is 51.4. The Morgan fingerprint density at radius 2 is 0.762 bits per heavy atom. The van der Waals surface area contributed by atoms with E-state index in [2.05, 4.69) is 19.2 Å². The average molecular weight is 1260 g/mol. The van der Waals surface area contributed by atoms with Gasteiger partial charge in [-0.3, -0.25) is 22.9 Å². The van der Waals surface area contributed by atoms with Crippen LogP contribution in [-0.4, -0.2) is 223 Å². The number of hydrogen-bond donors (Lipinski definition) is 17. The summed E-state index contributed by atoms with van der Waals surface area (Å²) >= 11 is 0. The highest BCUT2D eigenvalue weighted by atomic mass is 31.2. The molecule has 1 saturated heterocycles. The molecule has 1 aliphatic heterocycles. The first-order valence-electron chi connectivity index (χ1n) is 31.3. The minimum atomic E-state index is -5.58. The van der Waals surface area contributed by atoms with Gasteiger partial charge in [0.2, 0.25) is 5.91 Å². The van der Waals surface area contributed by atoms with Gasteiger partial charge >= 0.3 is 15.6 Å². The van der Waals surface area contributed by atoms with Crippen LogP contribution >= 0.6 is 15.6 Å². The number of phosphoric ester groups is 2. The van der Waals surface area contributed by atoms with Crippen LogP contribution in [0.3, 0.4) is 0 Å². The molecule has 0 aromatic heterocycles. The van der Waals surface area contributed by atoms with E-state index in [-0.39, 0.29) is 12.8 Å². The summed E-state index contributed by atoms with van der Waals surface area (Å²) in [4.78, 5) is 34.9. The molecule has 22 atom stereocenters. The average Bonchev–Trinajstić information content (AvgIpc) is 3.67. The number of rotatable bonds is 46. The van der Waals surface area contributed by atoms with E-state index in [0.29, 0.717) is 12.8 Å². The zero-order chi connectivity index (χ0) is 62.4. The summed E-state index contributed by atoms with van der Waals surface area (Å²) < 4.78 is 57.8. The van der Waals surface area contributed by atoms with E-state index in [0.717, 1.165) is 64.2 Å². The standard InChI is InChI=1S/C56H109NO25P2/c1-3-5-7-9-11-13-15-17-18-19-21-23-25-27-29-31-33-38(59)55(72)57-36(37(58)32-30-28-26-24-22-20-16-14-12-10-8-6-4-2)34-77-83(73,74)82-54-50(70)46(66)45(65)49(69)53(54)80-56-51(71)41(61)40(60)39(79-56)35-78-84(75,76)81-52-47(67)43(63)42(62)44(64)48(52)68/h36-54,56,58-71H,3-35H2,1-2H3,(H,57,72)(H,73,74)(H,75,76)/t36-,37+,38?,39+,40+,41?,42?,43+,44?,45?,46?,47?,48?,49+,50?,51?,52?,53?,54-,56+/m0/s1. The van der Waals surface area contributed by atoms with E-state index in [4.69, 9.17) is 27.6 Å². The highest BCUT2D eigenvalue weighted by Crippen LogP contribution is 2.49. The third-order valence-electron chi connectivity index (χ3n) is 16.4. The second-order valence-corrected chi connectivity index (χ2v) is 26.3. The van der Waals surface area contributed by atoms with Gasteiger partial charge in [0.25, 0.3) is 0 Å². The van der Waals surface area contributed by atoms with Crippen LogP contribution in [0.5, 0.6) is 0 Å². The molecule has 3 aliphatic rings. The number of phosphoric acid groups is 2. The van der Waals surface area contributed by atoms with Crippen molar-refractivity contribution in [1.82, 2.24) is 5.32 Å². The van der Waals surface area contributed by atoms with Crippen molar-refractivity contribution in [2.24, 2.45) is 0 Å². The molecule has 26 nitrogen and oxygen atoms in total. The monoisotopic (exact) mass is 1260 g/mol. The van der Waals surface area contributed by atoms with Gasteiger partial charge in [0.15, 0.2) is 6.29 Å². The van der Waals surface area contributed by atoms with Crippen molar-refractivity contribution in [3.63, 3.8) is 0 Å². The van der Waals surface area contributed by atoms with E-state index in [1.54, 1.807) is 0 Å². The van der Waals surface area contributed by atoms with Crippen molar-refractivity contribution in [1.29, 1.82) is 0 Å². The van der Waals surface area contributed by atoms with Crippen LogP contribution in [0.15, 0.2) is 0 Å². The van der Waals surface area contributed by atoms with Gasteiger partial charge in [0, 0.05) is 0 Å². The van der Waals surface area contributed by atoms with Crippen LogP contribution in [-0.2, 0) is 41.5 Å². The van der Waals surface area contributed by atoms with Crippen molar-refractivity contribution in [3.8, 4) is 0 Å². The zero-order valence-electron chi connectivity index (χ0n) is 49.6. The molecule has 28 heteroatoms. The van der Waals surface area contributed by atoms with E-state index in [1.807, 2.05) is 0 Å². The van der Waals surface area contributed by atoms with E-state index in [1.165, 1.54) is 109 Å². The Bertz CT molecular complexity index is 1820. The topological polar surface area (TPSA) is 442 Å². The fraction of sp³-hybridized carbons (Fsp3) is 0.982. The molecular formula is C56H109NO25P2. The Hall–Kier alpha value is -0.950. The number of unbranched alkanes of at least 4 members (excludes halogenated alkanes) is 27. The second kappa shape index (κ2) is 41.4. The second-order valence-electron chi connectivity index (χ2n) is 23.5. The normalized spacial score (nSPS) is 32.8. The molecule has 0 aromatic rings. The Morgan fingerprint density at radius 3 is 1.19 bits per heavy atom. The molecule has 2 aliphatic carbocycles. The predicted octanol–water partition coefficient (Wildman–Crippen LogP) is 2.80. The van der Waals surface area contributed by atoms with Gasteiger partial charge in [-0.15, -0.1) is 0 Å². The lowest BCUT2D eigenvalue weighted by molar-refractivity contribution is -0.337. The first-order chi connectivity index (χ1) is 39.9. The maximum Gasteiger partial charge on any atom is 0.472 e. The SMILES string of the molecule is CCCCCCCCCCCCCCCCCCC(O)C(=O)N[C@@H](COP(=O)(O)O[C@H]1C(O)C(O)C(O)[C@@H](O)C1O[C@H]1O[C@H](COP(=O)(O)OC2C(O)C(O)C(O)[C@@H](O)C2O)[C@@H](O)C(O)C1O)[C@H](O)CCCCCCCCCCCCCCC. The number of carbonyl (C=O) groups excluding carboxylic acids is 1. The molecule has 0 bridgehead atoms. The molecule has 14 unspecified atom stereocenters. The lowest BCUT2D eigenvalue weighted by atomic mass is 9.84. The lowest BCUT2D eigenvalue weighted by Crippen LogP contribution is -2.67. The molecule has 1 amide bonds. The number of aliphatic hydroxyl groups is 14. The largest absolute Gasteiger partial charge is 0.472 e. The van der Waals surface area contributed by atoms with Crippen LogP contribution in [0, 0.1) is 0 Å². The van der Waals surface area contributed by atoms with Crippen molar-refractivity contribution in [2.75, 3.05) is 13.2 Å². The summed E-state index contributed by atoms with van der Waals surface area (Å²) in [6.45, 7) is 2.24. The number of hydrogen-bond acceptors (Lipinski definition) is 23. The summed E-state index contributed by atoms with van der Waals surface area (Å²) in [5.74, 6) is -0.877. The number of aliphatic hydroxyl groups excluding tert-OH is 14. The van der Waals surface area contributed by atoms with Crippen LogP contribution in [0.25, 0.3) is 0 Å². The Morgan fingerprint density at radius 1 is 0.429 bits per heavy atom. The third kappa shape index (κ3) is 27.3. The molecule has 84 heavy (non-hydrogen) atoms. The molecule has 17 N–H and O–H groups in total. The molecule has 0 aromatic carbocycles. The van der Waals surface area contributed by atoms with Gasteiger partial charge in [-0.25, -0.2) is 9.13 Å². The first kappa shape index (κ1) is 77.3. The number of nitrogens with one attached hydrogen (secondary N) is 1. The quantitative estimate of drug-likeness (QED) is 0.0308. The number of ether oxygens (including phenoxy) is 2. The molecular weight excluding hydrogens is 1150 g/mol. The third-order valence-corrected chi connectivity index (χ3v) is 18.4. The van der Waals surface area contributed by atoms with Gasteiger partial charge in [0.1, 0.15) is 104 Å². The van der Waals surface area contributed by atoms with Gasteiger partial charge in [0.05, 0.1) is 25.4 Å². The summed E-state index contributed by atoms with van der Waals surface area (Å²) in [5.41, 5.74) is 0. The van der Waals surface area contributed by atoms with Crippen molar-refractivity contribution in [2.45, 2.75) is 335 Å². The van der Waals surface area contributed by atoms with Crippen molar-refractivity contribution in [3.05, 3.63) is 0 Å². The highest BCUT2D eigenvalue weighted by Gasteiger charge is 2.56. The highest BCUT2D eigenvalue weighted by molar-refractivity contribution is 7.47. The fourth-order valence-electron chi connectivity index (χ4n) is 10.9. The summed E-state index contributed by atoms with van der Waals surface area (Å²) in [6.07, 6.45) is -8.62. The molecule has 2 saturated carbocycles. The number of amides is 1. The predicted molar refractivity (Wildman–Crippen MR) is 305 cm³/mol. The first-order valence-corrected chi connectivity index (χ1v) is 34.3. The van der Waals surface area contributed by atoms with E-state index >= 15 is 0 Å². The van der Waals surface area contributed by atoms with Gasteiger partial charge in [-0.05, 0) is 12.8 Å². The molecule has 3 fully saturated rings. The smallest absolute Gasteiger partial charge is 0.391 e. The van der Waals surface area contributed by atoms with Crippen LogP contribution < -0.4 is 5.32 Å². The van der Waals surface area contributed by atoms with Crippen LogP contribution in [0.4, 0.5) is 0 Å². The molecule has 0 spiro atoms. The van der Waals surface area contributed by atoms with Crippen molar-refractivity contribution >= 4 is 21.6 Å².